The van der Waals surface area contributed by atoms with E-state index in [-0.39, 0.29) is 18.5 Å². The SMILES string of the molecule is C=CCOC(=O)[C@@H](N)C(C)C.N[C@@H](Cc1cccc2ccccc12)C(=O)O.O=C(O)C(F)(F)F. The number of carbonyl (C=O) groups is 3. The molecule has 0 heterocycles. The molecule has 2 aromatic rings. The maximum atomic E-state index is 10.9. The van der Waals surface area contributed by atoms with Gasteiger partial charge in [-0.05, 0) is 28.7 Å². The number of halogens is 3. The Morgan fingerprint density at radius 1 is 1.06 bits per heavy atom. The van der Waals surface area contributed by atoms with Gasteiger partial charge in [0.05, 0.1) is 0 Å². The number of esters is 1. The molecule has 0 spiro atoms. The number of alkyl halides is 3. The maximum absolute atomic E-state index is 10.9. The quantitative estimate of drug-likeness (QED) is 0.344. The molecule has 2 aromatic carbocycles. The third kappa shape index (κ3) is 11.4. The van der Waals surface area contributed by atoms with Crippen LogP contribution in [0.5, 0.6) is 0 Å². The minimum atomic E-state index is -5.08. The number of carboxylic acids is 2. The van der Waals surface area contributed by atoms with Crippen molar-refractivity contribution < 1.29 is 42.5 Å². The summed E-state index contributed by atoms with van der Waals surface area (Å²) in [6.45, 7) is 7.40. The van der Waals surface area contributed by atoms with Crippen LogP contribution in [0.1, 0.15) is 19.4 Å². The van der Waals surface area contributed by atoms with Gasteiger partial charge in [-0.2, -0.15) is 13.2 Å². The van der Waals surface area contributed by atoms with Crippen LogP contribution in [0.15, 0.2) is 55.1 Å². The second-order valence-electron chi connectivity index (χ2n) is 7.28. The second kappa shape index (κ2) is 14.7. The van der Waals surface area contributed by atoms with Crippen LogP contribution in [0, 0.1) is 5.92 Å². The number of nitrogens with two attached hydrogens (primary N) is 2. The van der Waals surface area contributed by atoms with E-state index in [1.54, 1.807) is 0 Å². The fourth-order valence-electron chi connectivity index (χ4n) is 2.30. The molecule has 0 aliphatic carbocycles. The van der Waals surface area contributed by atoms with Crippen molar-refractivity contribution in [2.75, 3.05) is 6.61 Å². The van der Waals surface area contributed by atoms with E-state index in [4.69, 9.17) is 31.2 Å². The summed E-state index contributed by atoms with van der Waals surface area (Å²) in [6, 6.07) is 12.4. The summed E-state index contributed by atoms with van der Waals surface area (Å²) in [4.78, 5) is 30.6. The number of benzene rings is 2. The zero-order valence-electron chi connectivity index (χ0n) is 18.8. The highest BCUT2D eigenvalue weighted by Crippen LogP contribution is 2.19. The van der Waals surface area contributed by atoms with Gasteiger partial charge in [0.1, 0.15) is 18.7 Å². The van der Waals surface area contributed by atoms with Crippen LogP contribution >= 0.6 is 0 Å². The number of hydrogen-bond acceptors (Lipinski definition) is 6. The first-order chi connectivity index (χ1) is 15.7. The third-order valence-corrected chi connectivity index (χ3v) is 4.21. The van der Waals surface area contributed by atoms with Gasteiger partial charge < -0.3 is 26.4 Å². The summed E-state index contributed by atoms with van der Waals surface area (Å²) in [6.07, 6.45) is -3.21. The van der Waals surface area contributed by atoms with Crippen molar-refractivity contribution in [3.8, 4) is 0 Å². The topological polar surface area (TPSA) is 153 Å². The van der Waals surface area contributed by atoms with Crippen LogP contribution in [-0.2, 0) is 25.5 Å². The third-order valence-electron chi connectivity index (χ3n) is 4.21. The van der Waals surface area contributed by atoms with Crippen molar-refractivity contribution in [1.29, 1.82) is 0 Å². The Hall–Kier alpha value is -3.44. The van der Waals surface area contributed by atoms with Gasteiger partial charge in [0.25, 0.3) is 0 Å². The van der Waals surface area contributed by atoms with E-state index in [1.165, 1.54) is 6.08 Å². The number of rotatable bonds is 7. The molecule has 0 unspecified atom stereocenters. The smallest absolute Gasteiger partial charge is 0.480 e. The lowest BCUT2D eigenvalue weighted by atomic mass is 9.99. The molecule has 11 heteroatoms. The molecule has 0 fully saturated rings. The Morgan fingerprint density at radius 2 is 1.59 bits per heavy atom. The zero-order chi connectivity index (χ0) is 26.5. The Kier molecular flexibility index (Phi) is 13.2. The number of aliphatic carboxylic acids is 2. The van der Waals surface area contributed by atoms with Gasteiger partial charge in [-0.15, -0.1) is 0 Å². The van der Waals surface area contributed by atoms with E-state index in [0.717, 1.165) is 16.3 Å². The highest BCUT2D eigenvalue weighted by Gasteiger charge is 2.38. The molecule has 2 atom stereocenters. The van der Waals surface area contributed by atoms with Crippen molar-refractivity contribution >= 4 is 28.7 Å². The first-order valence-electron chi connectivity index (χ1n) is 10.0. The second-order valence-corrected chi connectivity index (χ2v) is 7.28. The number of carbonyl (C=O) groups excluding carboxylic acids is 1. The first kappa shape index (κ1) is 30.6. The fourth-order valence-corrected chi connectivity index (χ4v) is 2.30. The average Bonchev–Trinajstić information content (AvgIpc) is 2.77. The number of ether oxygens (including phenoxy) is 1. The molecule has 0 bridgehead atoms. The fraction of sp³-hybridized carbons (Fsp3) is 0.348. The van der Waals surface area contributed by atoms with Crippen LogP contribution < -0.4 is 11.5 Å². The van der Waals surface area contributed by atoms with Crippen LogP contribution in [0.3, 0.4) is 0 Å². The average molecular weight is 486 g/mol. The van der Waals surface area contributed by atoms with Gasteiger partial charge in [0.2, 0.25) is 0 Å². The van der Waals surface area contributed by atoms with Gasteiger partial charge in [0, 0.05) is 0 Å². The molecule has 8 nitrogen and oxygen atoms in total. The van der Waals surface area contributed by atoms with E-state index < -0.39 is 30.2 Å². The molecular formula is C23H29F3N2O6. The zero-order valence-corrected chi connectivity index (χ0v) is 18.8. The highest BCUT2D eigenvalue weighted by molar-refractivity contribution is 5.86. The summed E-state index contributed by atoms with van der Waals surface area (Å²) in [5, 5.41) is 18.1. The molecule has 188 valence electrons. The van der Waals surface area contributed by atoms with Crippen molar-refractivity contribution in [2.45, 2.75) is 38.5 Å². The molecule has 0 aliphatic heterocycles. The van der Waals surface area contributed by atoms with E-state index in [9.17, 15) is 22.8 Å². The molecule has 0 aromatic heterocycles. The number of hydrogen-bond donors (Lipinski definition) is 4. The number of carboxylic acid groups (broad SMARTS) is 2. The van der Waals surface area contributed by atoms with Crippen LogP contribution in [0.2, 0.25) is 0 Å². The molecule has 0 radical (unpaired) electrons. The molecule has 0 amide bonds. The molecule has 0 saturated carbocycles. The monoisotopic (exact) mass is 486 g/mol. The molecule has 34 heavy (non-hydrogen) atoms. The molecule has 2 rings (SSSR count). The molecule has 6 N–H and O–H groups in total. The minimum Gasteiger partial charge on any atom is -0.480 e. The Balaban J connectivity index is 0.000000528. The largest absolute Gasteiger partial charge is 0.490 e. The van der Waals surface area contributed by atoms with Crippen LogP contribution in [0.4, 0.5) is 13.2 Å². The standard InChI is InChI=1S/C13H13NO2.C8H15NO2.C2HF3O2/c14-12(13(15)16)8-10-6-3-5-9-4-1-2-7-11(9)10;1-4-5-11-8(10)7(9)6(2)3;3-2(4,5)1(6)7/h1-7,12H,8,14H2,(H,15,16);4,6-7H,1,5,9H2,2-3H3;(H,6,7)/t12-;7-;/m00./s1. The molecule has 0 aliphatic rings. The maximum Gasteiger partial charge on any atom is 0.490 e. The van der Waals surface area contributed by atoms with E-state index >= 15 is 0 Å². The summed E-state index contributed by atoms with van der Waals surface area (Å²) in [5.41, 5.74) is 12.0. The molecular weight excluding hydrogens is 457 g/mol. The predicted molar refractivity (Wildman–Crippen MR) is 121 cm³/mol. The summed E-state index contributed by atoms with van der Waals surface area (Å²) >= 11 is 0. The lowest BCUT2D eigenvalue weighted by Gasteiger charge is -2.13. The molecule has 0 saturated heterocycles. The number of fused-ring (bicyclic) bond motifs is 1. The van der Waals surface area contributed by atoms with Crippen molar-refractivity contribution in [3.63, 3.8) is 0 Å². The predicted octanol–water partition coefficient (Wildman–Crippen LogP) is 3.13. The Labute approximate surface area is 195 Å². The van der Waals surface area contributed by atoms with Crippen LogP contribution in [0.25, 0.3) is 10.8 Å². The normalized spacial score (nSPS) is 12.4. The van der Waals surface area contributed by atoms with E-state index in [1.807, 2.05) is 56.3 Å². The highest BCUT2D eigenvalue weighted by atomic mass is 19.4. The van der Waals surface area contributed by atoms with Crippen LogP contribution in [-0.4, -0.2) is 53.0 Å². The van der Waals surface area contributed by atoms with E-state index in [2.05, 4.69) is 6.58 Å². The van der Waals surface area contributed by atoms with Crippen molar-refractivity contribution in [3.05, 3.63) is 60.7 Å². The Bertz CT molecular complexity index is 958. The lowest BCUT2D eigenvalue weighted by molar-refractivity contribution is -0.192. The van der Waals surface area contributed by atoms with Crippen molar-refractivity contribution in [2.24, 2.45) is 17.4 Å². The van der Waals surface area contributed by atoms with Gasteiger partial charge in [-0.3, -0.25) is 9.59 Å². The van der Waals surface area contributed by atoms with Gasteiger partial charge >= 0.3 is 24.1 Å². The summed E-state index contributed by atoms with van der Waals surface area (Å²) in [5.74, 6) is -3.97. The van der Waals surface area contributed by atoms with Gasteiger partial charge in [-0.1, -0.05) is 69.0 Å². The minimum absolute atomic E-state index is 0.118. The lowest BCUT2D eigenvalue weighted by Crippen LogP contribution is -2.36. The van der Waals surface area contributed by atoms with E-state index in [0.29, 0.717) is 6.42 Å². The Morgan fingerprint density at radius 3 is 2.06 bits per heavy atom. The van der Waals surface area contributed by atoms with Gasteiger partial charge in [0.15, 0.2) is 0 Å². The van der Waals surface area contributed by atoms with Crippen molar-refractivity contribution in [1.82, 2.24) is 0 Å². The summed E-state index contributed by atoms with van der Waals surface area (Å²) in [7, 11) is 0. The van der Waals surface area contributed by atoms with Gasteiger partial charge in [-0.25, -0.2) is 4.79 Å². The first-order valence-corrected chi connectivity index (χ1v) is 10.0. The summed E-state index contributed by atoms with van der Waals surface area (Å²) < 4.78 is 36.5.